The van der Waals surface area contributed by atoms with Crippen LogP contribution in [0.4, 0.5) is 18.9 Å². The Kier molecular flexibility index (Phi) is 6.02. The number of hydrogen-bond acceptors (Lipinski definition) is 6. The molecule has 0 radical (unpaired) electrons. The molecule has 11 heteroatoms. The lowest BCUT2D eigenvalue weighted by molar-refractivity contribution is -0.140. The quantitative estimate of drug-likeness (QED) is 0.516. The van der Waals surface area contributed by atoms with Crippen molar-refractivity contribution in [3.05, 3.63) is 45.8 Å². The Labute approximate surface area is 178 Å². The zero-order valence-electron chi connectivity index (χ0n) is 15.2. The first-order valence-electron chi connectivity index (χ1n) is 8.35. The number of allylic oxidation sites excluding steroid dienone is 2. The maximum Gasteiger partial charge on any atom is 0.416 e. The number of carbonyl (C=O) groups is 2. The molecule has 1 amide bonds. The molecule has 0 bridgehead atoms. The number of fused-ring (bicyclic) bond motifs is 1. The lowest BCUT2D eigenvalue weighted by Crippen LogP contribution is -2.33. The van der Waals surface area contributed by atoms with Gasteiger partial charge in [0.25, 0.3) is 5.91 Å². The van der Waals surface area contributed by atoms with Gasteiger partial charge < -0.3 is 10.0 Å². The van der Waals surface area contributed by atoms with Crippen LogP contribution in [0.5, 0.6) is 0 Å². The van der Waals surface area contributed by atoms with Crippen LogP contribution in [0.1, 0.15) is 19.4 Å². The van der Waals surface area contributed by atoms with E-state index in [9.17, 15) is 22.8 Å². The van der Waals surface area contributed by atoms with Gasteiger partial charge in [-0.15, -0.1) is 0 Å². The zero-order valence-corrected chi connectivity index (χ0v) is 17.6. The number of benzene rings is 1. The average Bonchev–Trinajstić information content (AvgIpc) is 3.10. The van der Waals surface area contributed by atoms with E-state index in [1.165, 1.54) is 23.9 Å². The Balaban J connectivity index is 1.91. The first-order valence-corrected chi connectivity index (χ1v) is 10.4. The maximum atomic E-state index is 13.1. The minimum atomic E-state index is -4.44. The molecule has 2 aliphatic rings. The second-order valence-electron chi connectivity index (χ2n) is 6.43. The highest BCUT2D eigenvalue weighted by Gasteiger charge is 2.35. The molecule has 1 N–H and O–H groups in total. The van der Waals surface area contributed by atoms with E-state index in [1.807, 2.05) is 13.8 Å². The van der Waals surface area contributed by atoms with Crippen molar-refractivity contribution in [2.75, 3.05) is 11.4 Å². The number of rotatable bonds is 4. The molecule has 0 unspecified atom stereocenters. The standard InChI is InChI=1S/C18H15F3N2O3S3/c1-9(2)23-11-7-10(18(19,20)21)3-4-12(11)28-14(23)6-5-13-16(26)22(8-15(24)25)17(27)29-13/h3-7,9H,8H2,1-2H3,(H,24,25)/b13-5+,14-6-. The Hall–Kier alpha value is -1.98. The summed E-state index contributed by atoms with van der Waals surface area (Å²) >= 11 is 7.35. The van der Waals surface area contributed by atoms with E-state index in [-0.39, 0.29) is 15.3 Å². The molecule has 1 fully saturated rings. The van der Waals surface area contributed by atoms with Crippen LogP contribution in [0.25, 0.3) is 0 Å². The summed E-state index contributed by atoms with van der Waals surface area (Å²) in [5, 5.41) is 9.55. The third-order valence-electron chi connectivity index (χ3n) is 4.06. The molecular weight excluding hydrogens is 445 g/mol. The van der Waals surface area contributed by atoms with Crippen molar-refractivity contribution in [1.29, 1.82) is 0 Å². The zero-order chi connectivity index (χ0) is 21.5. The Morgan fingerprint density at radius 1 is 1.28 bits per heavy atom. The summed E-state index contributed by atoms with van der Waals surface area (Å²) in [6.07, 6.45) is -1.27. The SMILES string of the molecule is CC(C)N1/C(=C/C=C2/SC(=S)N(CC(=O)O)C2=O)Sc2ccc(C(F)(F)F)cc21. The van der Waals surface area contributed by atoms with Gasteiger partial charge in [-0.05, 0) is 44.2 Å². The van der Waals surface area contributed by atoms with E-state index in [0.29, 0.717) is 15.6 Å². The summed E-state index contributed by atoms with van der Waals surface area (Å²) < 4.78 is 39.4. The first-order chi connectivity index (χ1) is 13.5. The van der Waals surface area contributed by atoms with Crippen molar-refractivity contribution in [2.45, 2.75) is 31.0 Å². The van der Waals surface area contributed by atoms with E-state index in [2.05, 4.69) is 0 Å². The van der Waals surface area contributed by atoms with Crippen LogP contribution in [0.3, 0.4) is 0 Å². The largest absolute Gasteiger partial charge is 0.480 e. The molecule has 0 aromatic heterocycles. The number of alkyl halides is 3. The molecule has 154 valence electrons. The van der Waals surface area contributed by atoms with Gasteiger partial charge in [-0.25, -0.2) is 0 Å². The highest BCUT2D eigenvalue weighted by molar-refractivity contribution is 8.26. The fourth-order valence-corrected chi connectivity index (χ4v) is 5.19. The van der Waals surface area contributed by atoms with E-state index in [0.717, 1.165) is 28.8 Å². The van der Waals surface area contributed by atoms with Crippen molar-refractivity contribution >= 4 is 57.6 Å². The van der Waals surface area contributed by atoms with Gasteiger partial charge in [0.05, 0.1) is 21.2 Å². The van der Waals surface area contributed by atoms with Gasteiger partial charge in [0.2, 0.25) is 0 Å². The molecule has 1 aromatic rings. The van der Waals surface area contributed by atoms with Crippen LogP contribution in [-0.2, 0) is 15.8 Å². The molecule has 1 saturated heterocycles. The van der Waals surface area contributed by atoms with Crippen molar-refractivity contribution < 1.29 is 27.9 Å². The lowest BCUT2D eigenvalue weighted by Gasteiger charge is -2.25. The van der Waals surface area contributed by atoms with E-state index in [1.54, 1.807) is 11.0 Å². The Bertz CT molecular complexity index is 957. The fourth-order valence-electron chi connectivity index (χ4n) is 2.83. The van der Waals surface area contributed by atoms with Gasteiger partial charge >= 0.3 is 12.1 Å². The van der Waals surface area contributed by atoms with Gasteiger partial charge in [0.15, 0.2) is 0 Å². The number of amides is 1. The van der Waals surface area contributed by atoms with Crippen LogP contribution in [0, 0.1) is 0 Å². The van der Waals surface area contributed by atoms with Gasteiger partial charge in [-0.2, -0.15) is 13.2 Å². The lowest BCUT2D eigenvalue weighted by atomic mass is 10.1. The number of nitrogens with zero attached hydrogens (tertiary/aromatic N) is 2. The van der Waals surface area contributed by atoms with E-state index in [4.69, 9.17) is 17.3 Å². The topological polar surface area (TPSA) is 60.9 Å². The summed E-state index contributed by atoms with van der Waals surface area (Å²) in [5.41, 5.74) is -0.267. The number of anilines is 1. The Morgan fingerprint density at radius 3 is 2.55 bits per heavy atom. The molecule has 0 saturated carbocycles. The summed E-state index contributed by atoms with van der Waals surface area (Å²) in [4.78, 5) is 26.9. The second kappa shape index (κ2) is 8.04. The van der Waals surface area contributed by atoms with Gasteiger partial charge in [0, 0.05) is 10.9 Å². The minimum absolute atomic E-state index is 0.117. The monoisotopic (exact) mass is 460 g/mol. The van der Waals surface area contributed by atoms with Crippen molar-refractivity contribution in [2.24, 2.45) is 0 Å². The van der Waals surface area contributed by atoms with E-state index < -0.39 is 30.2 Å². The minimum Gasteiger partial charge on any atom is -0.480 e. The fraction of sp³-hybridized carbons (Fsp3) is 0.278. The smallest absolute Gasteiger partial charge is 0.416 e. The number of halogens is 3. The van der Waals surface area contributed by atoms with Crippen LogP contribution in [0.15, 0.2) is 45.2 Å². The van der Waals surface area contributed by atoms with Crippen LogP contribution < -0.4 is 4.90 Å². The number of carboxylic acids is 1. The highest BCUT2D eigenvalue weighted by atomic mass is 32.2. The number of hydrogen-bond donors (Lipinski definition) is 1. The van der Waals surface area contributed by atoms with Gasteiger partial charge in [-0.3, -0.25) is 14.5 Å². The molecule has 2 aliphatic heterocycles. The van der Waals surface area contributed by atoms with Crippen molar-refractivity contribution in [1.82, 2.24) is 4.90 Å². The number of thioether (sulfide) groups is 2. The first kappa shape index (κ1) is 21.7. The molecule has 3 rings (SSSR count). The van der Waals surface area contributed by atoms with Crippen LogP contribution in [-0.4, -0.2) is 38.8 Å². The molecule has 1 aromatic carbocycles. The summed E-state index contributed by atoms with van der Waals surface area (Å²) in [6.45, 7) is 3.20. The van der Waals surface area contributed by atoms with Crippen LogP contribution >= 0.6 is 35.7 Å². The number of carbonyl (C=O) groups excluding carboxylic acids is 1. The molecule has 2 heterocycles. The third-order valence-corrected chi connectivity index (χ3v) is 6.56. The molecule has 5 nitrogen and oxygen atoms in total. The summed E-state index contributed by atoms with van der Waals surface area (Å²) in [6, 6.07) is 3.49. The number of thiocarbonyl (C=S) groups is 1. The van der Waals surface area contributed by atoms with Crippen LogP contribution in [0.2, 0.25) is 0 Å². The van der Waals surface area contributed by atoms with E-state index >= 15 is 0 Å². The normalized spacial score (nSPS) is 19.8. The number of carboxylic acid groups (broad SMARTS) is 1. The predicted molar refractivity (Wildman–Crippen MR) is 111 cm³/mol. The molecule has 0 spiro atoms. The molecular formula is C18H15F3N2O3S3. The molecule has 0 aliphatic carbocycles. The molecule has 0 atom stereocenters. The highest BCUT2D eigenvalue weighted by Crippen LogP contribution is 2.49. The second-order valence-corrected chi connectivity index (χ2v) is 9.17. The molecule has 29 heavy (non-hydrogen) atoms. The summed E-state index contributed by atoms with van der Waals surface area (Å²) in [5.74, 6) is -1.68. The van der Waals surface area contributed by atoms with Gasteiger partial charge in [-0.1, -0.05) is 35.7 Å². The van der Waals surface area contributed by atoms with Gasteiger partial charge in [0.1, 0.15) is 10.9 Å². The average molecular weight is 461 g/mol. The third kappa shape index (κ3) is 4.46. The Morgan fingerprint density at radius 2 is 1.97 bits per heavy atom. The van der Waals surface area contributed by atoms with Crippen molar-refractivity contribution in [3.63, 3.8) is 0 Å². The summed E-state index contributed by atoms with van der Waals surface area (Å²) in [7, 11) is 0. The maximum absolute atomic E-state index is 13.1. The predicted octanol–water partition coefficient (Wildman–Crippen LogP) is 4.70. The number of aliphatic carboxylic acids is 1. The van der Waals surface area contributed by atoms with Crippen molar-refractivity contribution in [3.8, 4) is 0 Å².